The van der Waals surface area contributed by atoms with Crippen molar-refractivity contribution >= 4 is 74.7 Å². The van der Waals surface area contributed by atoms with Crippen LogP contribution in [0.15, 0.2) is 70.5 Å². The second-order valence-electron chi connectivity index (χ2n) is 8.52. The van der Waals surface area contributed by atoms with Crippen molar-refractivity contribution < 1.29 is 4.79 Å². The molecule has 2 heterocycles. The third-order valence-electron chi connectivity index (χ3n) is 6.00. The van der Waals surface area contributed by atoms with Crippen LogP contribution in [0.5, 0.6) is 0 Å². The quantitative estimate of drug-likeness (QED) is 0.277. The molecule has 0 atom stereocenters. The predicted octanol–water partition coefficient (Wildman–Crippen LogP) is 7.28. The van der Waals surface area contributed by atoms with E-state index in [0.717, 1.165) is 58.2 Å². The fourth-order valence-electron chi connectivity index (χ4n) is 4.10. The standard InChI is InChI=1S/C26H23Cl3N4OS/c1-32-7-9-33(10-8-32)19-4-2-3-18(14-19)30-26(34)23-15-20-22(31-23)12-17(28)13-25(20)35-24-6-5-16(27)11-21(24)29/h2-6,11-15,31H,7-10H2,1H3,(H,30,34). The molecular formula is C26H23Cl3N4OS. The SMILES string of the molecule is CN1CCN(c2cccc(NC(=O)c3cc4c(Sc5ccc(Cl)cc5Cl)cc(Cl)cc4[nH]3)c2)CC1. The summed E-state index contributed by atoms with van der Waals surface area (Å²) in [6.45, 7) is 3.98. The van der Waals surface area contributed by atoms with Gasteiger partial charge in [-0.15, -0.1) is 0 Å². The van der Waals surface area contributed by atoms with Gasteiger partial charge < -0.3 is 20.1 Å². The van der Waals surface area contributed by atoms with E-state index in [9.17, 15) is 4.79 Å². The largest absolute Gasteiger partial charge is 0.369 e. The van der Waals surface area contributed by atoms with Gasteiger partial charge in [0.2, 0.25) is 0 Å². The number of H-pyrrole nitrogens is 1. The number of aromatic nitrogens is 1. The zero-order valence-corrected chi connectivity index (χ0v) is 22.0. The lowest BCUT2D eigenvalue weighted by Crippen LogP contribution is -2.44. The highest BCUT2D eigenvalue weighted by Gasteiger charge is 2.17. The number of benzene rings is 3. The smallest absolute Gasteiger partial charge is 0.272 e. The van der Waals surface area contributed by atoms with Crippen molar-refractivity contribution in [2.75, 3.05) is 43.4 Å². The summed E-state index contributed by atoms with van der Waals surface area (Å²) < 4.78 is 0. The van der Waals surface area contributed by atoms with Crippen molar-refractivity contribution in [1.82, 2.24) is 9.88 Å². The molecule has 0 aliphatic carbocycles. The van der Waals surface area contributed by atoms with Gasteiger partial charge >= 0.3 is 0 Å². The molecule has 2 N–H and O–H groups in total. The van der Waals surface area contributed by atoms with E-state index in [0.29, 0.717) is 20.8 Å². The van der Waals surface area contributed by atoms with Gasteiger partial charge in [-0.25, -0.2) is 0 Å². The number of nitrogens with zero attached hydrogens (tertiary/aromatic N) is 2. The Morgan fingerprint density at radius 1 is 0.914 bits per heavy atom. The Balaban J connectivity index is 1.38. The van der Waals surface area contributed by atoms with Crippen LogP contribution in [-0.4, -0.2) is 49.0 Å². The van der Waals surface area contributed by atoms with Gasteiger partial charge in [-0.3, -0.25) is 4.79 Å². The van der Waals surface area contributed by atoms with Crippen molar-refractivity contribution in [2.45, 2.75) is 9.79 Å². The lowest BCUT2D eigenvalue weighted by Gasteiger charge is -2.34. The van der Waals surface area contributed by atoms with Crippen LogP contribution in [0.2, 0.25) is 15.1 Å². The van der Waals surface area contributed by atoms with E-state index in [4.69, 9.17) is 34.8 Å². The molecule has 0 radical (unpaired) electrons. The monoisotopic (exact) mass is 544 g/mol. The average Bonchev–Trinajstić information content (AvgIpc) is 3.26. The number of hydrogen-bond acceptors (Lipinski definition) is 4. The second-order valence-corrected chi connectivity index (χ2v) is 10.9. The Morgan fingerprint density at radius 2 is 1.71 bits per heavy atom. The van der Waals surface area contributed by atoms with E-state index in [-0.39, 0.29) is 5.91 Å². The topological polar surface area (TPSA) is 51.4 Å². The third-order valence-corrected chi connectivity index (χ3v) is 8.01. The molecule has 1 aliphatic rings. The first-order valence-corrected chi connectivity index (χ1v) is 13.1. The average molecular weight is 546 g/mol. The van der Waals surface area contributed by atoms with Crippen LogP contribution in [0.25, 0.3) is 10.9 Å². The van der Waals surface area contributed by atoms with Crippen molar-refractivity contribution in [3.63, 3.8) is 0 Å². The highest BCUT2D eigenvalue weighted by molar-refractivity contribution is 7.99. The van der Waals surface area contributed by atoms with Crippen molar-refractivity contribution in [1.29, 1.82) is 0 Å². The summed E-state index contributed by atoms with van der Waals surface area (Å²) in [4.78, 5) is 22.7. The molecule has 1 amide bonds. The minimum absolute atomic E-state index is 0.215. The zero-order chi connectivity index (χ0) is 24.5. The maximum absolute atomic E-state index is 13.1. The molecule has 1 aromatic heterocycles. The highest BCUT2D eigenvalue weighted by atomic mass is 35.5. The third kappa shape index (κ3) is 5.57. The molecule has 4 aromatic rings. The molecule has 0 unspecified atom stereocenters. The molecule has 0 spiro atoms. The summed E-state index contributed by atoms with van der Waals surface area (Å²) >= 11 is 20.3. The molecule has 0 saturated carbocycles. The van der Waals surface area contributed by atoms with Gasteiger partial charge in [0.15, 0.2) is 0 Å². The molecule has 0 bridgehead atoms. The number of halogens is 3. The molecule has 3 aromatic carbocycles. The lowest BCUT2D eigenvalue weighted by atomic mass is 10.2. The second kappa shape index (κ2) is 10.3. The molecule has 1 saturated heterocycles. The molecular weight excluding hydrogens is 523 g/mol. The van der Waals surface area contributed by atoms with Crippen LogP contribution in [0.4, 0.5) is 11.4 Å². The van der Waals surface area contributed by atoms with Gasteiger partial charge in [0.1, 0.15) is 5.69 Å². The first-order chi connectivity index (χ1) is 16.9. The van der Waals surface area contributed by atoms with E-state index in [1.165, 1.54) is 11.8 Å². The number of fused-ring (bicyclic) bond motifs is 1. The fourth-order valence-corrected chi connectivity index (χ4v) is 5.90. The van der Waals surface area contributed by atoms with Crippen molar-refractivity contribution in [2.24, 2.45) is 0 Å². The van der Waals surface area contributed by atoms with Crippen LogP contribution >= 0.6 is 46.6 Å². The number of carbonyl (C=O) groups excluding carboxylic acids is 1. The van der Waals surface area contributed by atoms with Gasteiger partial charge in [0, 0.05) is 68.3 Å². The fraction of sp³-hybridized carbons (Fsp3) is 0.192. The van der Waals surface area contributed by atoms with Gasteiger partial charge in [0.05, 0.1) is 5.02 Å². The van der Waals surface area contributed by atoms with E-state index >= 15 is 0 Å². The minimum atomic E-state index is -0.215. The zero-order valence-electron chi connectivity index (χ0n) is 18.9. The number of hydrogen-bond donors (Lipinski definition) is 2. The molecule has 5 rings (SSSR count). The number of amides is 1. The molecule has 35 heavy (non-hydrogen) atoms. The Bertz CT molecular complexity index is 1400. The summed E-state index contributed by atoms with van der Waals surface area (Å²) in [5, 5.41) is 5.62. The number of rotatable bonds is 5. The number of anilines is 2. The van der Waals surface area contributed by atoms with Crippen LogP contribution in [-0.2, 0) is 0 Å². The number of likely N-dealkylation sites (N-methyl/N-ethyl adjacent to an activating group) is 1. The maximum atomic E-state index is 13.1. The van der Waals surface area contributed by atoms with Gasteiger partial charge in [0.25, 0.3) is 5.91 Å². The summed E-state index contributed by atoms with van der Waals surface area (Å²) in [6, 6.07) is 18.9. The first-order valence-electron chi connectivity index (χ1n) is 11.2. The lowest BCUT2D eigenvalue weighted by molar-refractivity contribution is 0.102. The summed E-state index contributed by atoms with van der Waals surface area (Å²) in [7, 11) is 2.13. The van der Waals surface area contributed by atoms with E-state index in [1.54, 1.807) is 12.1 Å². The van der Waals surface area contributed by atoms with Gasteiger partial charge in [-0.2, -0.15) is 0 Å². The minimum Gasteiger partial charge on any atom is -0.369 e. The Morgan fingerprint density at radius 3 is 2.49 bits per heavy atom. The number of carbonyl (C=O) groups is 1. The van der Waals surface area contributed by atoms with E-state index in [1.807, 2.05) is 42.5 Å². The van der Waals surface area contributed by atoms with Crippen LogP contribution < -0.4 is 10.2 Å². The number of aromatic amines is 1. The molecule has 180 valence electrons. The van der Waals surface area contributed by atoms with E-state index in [2.05, 4.69) is 33.2 Å². The molecule has 1 fully saturated rings. The molecule has 1 aliphatic heterocycles. The Labute approximate surface area is 223 Å². The number of piperazine rings is 1. The van der Waals surface area contributed by atoms with Gasteiger partial charge in [-0.1, -0.05) is 52.6 Å². The molecule has 9 heteroatoms. The Hall–Kier alpha value is -2.35. The van der Waals surface area contributed by atoms with Crippen LogP contribution in [0.3, 0.4) is 0 Å². The summed E-state index contributed by atoms with van der Waals surface area (Å²) in [5.74, 6) is -0.215. The van der Waals surface area contributed by atoms with E-state index < -0.39 is 0 Å². The van der Waals surface area contributed by atoms with Crippen LogP contribution in [0, 0.1) is 0 Å². The predicted molar refractivity (Wildman–Crippen MR) is 148 cm³/mol. The Kier molecular flexibility index (Phi) is 7.19. The van der Waals surface area contributed by atoms with Gasteiger partial charge in [-0.05, 0) is 61.6 Å². The van der Waals surface area contributed by atoms with Crippen molar-refractivity contribution in [3.8, 4) is 0 Å². The summed E-state index contributed by atoms with van der Waals surface area (Å²) in [6.07, 6.45) is 0. The van der Waals surface area contributed by atoms with Crippen molar-refractivity contribution in [3.05, 3.63) is 81.4 Å². The molecule has 5 nitrogen and oxygen atoms in total. The first kappa shape index (κ1) is 24.3. The normalized spacial score (nSPS) is 14.5. The maximum Gasteiger partial charge on any atom is 0.272 e. The number of nitrogens with one attached hydrogen (secondary N) is 2. The highest BCUT2D eigenvalue weighted by Crippen LogP contribution is 2.40. The summed E-state index contributed by atoms with van der Waals surface area (Å²) in [5.41, 5.74) is 3.10. The van der Waals surface area contributed by atoms with Crippen LogP contribution in [0.1, 0.15) is 10.5 Å².